The highest BCUT2D eigenvalue weighted by atomic mass is 32.1. The average molecular weight is 1370 g/mol. The molecule has 0 spiro atoms. The summed E-state index contributed by atoms with van der Waals surface area (Å²) in [5.74, 6) is -0.0617. The van der Waals surface area contributed by atoms with E-state index in [1.807, 2.05) is 113 Å². The molecule has 6 atom stereocenters. The molecule has 4 bridgehead atoms. The molecule has 2 unspecified atom stereocenters. The van der Waals surface area contributed by atoms with Gasteiger partial charge in [0.25, 0.3) is 0 Å². The van der Waals surface area contributed by atoms with Gasteiger partial charge in [-0.15, -0.1) is 21.5 Å². The maximum absolute atomic E-state index is 14.2. The molecule has 5 fully saturated rings. The SMILES string of the molecule is Cc1ncsc1-c1ccc([C@H](C)NC(=O)[C@@H]2C[C@@H](O)CN2C(=O)[C@@H](NC(=O)CCCCCCCCCCCN(C)CCOC23CC4(C)CC(C)(CC(Cn5ncc(-c6ccc(N7CCCc8c7nnc(Nc7nc9ccccc9s7)c8C)nc6C(=O)O)c5C)(C4)C2)C3)C(C)(C)C)cc1. The third-order valence-corrected chi connectivity index (χ3v) is 23.6. The van der Waals surface area contributed by atoms with Crippen LogP contribution in [0.25, 0.3) is 31.8 Å². The van der Waals surface area contributed by atoms with Gasteiger partial charge in [-0.2, -0.15) is 5.10 Å². The van der Waals surface area contributed by atoms with Crippen LogP contribution in [-0.2, 0) is 32.1 Å². The number of rotatable bonds is 29. The summed E-state index contributed by atoms with van der Waals surface area (Å²) in [5, 5.41) is 46.1. The molecular weight excluding hydrogens is 1270 g/mol. The molecule has 2 aliphatic heterocycles. The first-order valence-electron chi connectivity index (χ1n) is 35.7. The minimum absolute atomic E-state index is 0.00305. The molecular formula is C76H101N13O7S2. The zero-order valence-electron chi connectivity index (χ0n) is 59.1. The fourth-order valence-electron chi connectivity index (χ4n) is 17.9. The molecule has 1 saturated heterocycles. The van der Waals surface area contributed by atoms with Crippen LogP contribution in [0.15, 0.2) is 72.4 Å². The van der Waals surface area contributed by atoms with Crippen LogP contribution in [0, 0.1) is 42.4 Å². The van der Waals surface area contributed by atoms with Crippen LogP contribution in [-0.4, -0.2) is 142 Å². The van der Waals surface area contributed by atoms with Crippen LogP contribution in [0.4, 0.5) is 22.6 Å². The number of benzene rings is 2. The minimum atomic E-state index is -1.09. The van der Waals surface area contributed by atoms with Crippen LogP contribution in [0.5, 0.6) is 0 Å². The summed E-state index contributed by atoms with van der Waals surface area (Å²) in [6.07, 6.45) is 19.5. The summed E-state index contributed by atoms with van der Waals surface area (Å²) < 4.78 is 10.4. The van der Waals surface area contributed by atoms with Crippen molar-refractivity contribution >= 4 is 79.2 Å². The lowest BCUT2D eigenvalue weighted by atomic mass is 9.39. The van der Waals surface area contributed by atoms with Crippen molar-refractivity contribution < 1.29 is 34.1 Å². The van der Waals surface area contributed by atoms with Crippen molar-refractivity contribution in [3.63, 3.8) is 0 Å². The number of carbonyl (C=O) groups is 4. The van der Waals surface area contributed by atoms with Crippen LogP contribution < -0.4 is 20.9 Å². The first kappa shape index (κ1) is 70.6. The van der Waals surface area contributed by atoms with Crippen LogP contribution in [0.3, 0.4) is 0 Å². The fourth-order valence-corrected chi connectivity index (χ4v) is 19.6. The van der Waals surface area contributed by atoms with Crippen molar-refractivity contribution in [2.75, 3.05) is 50.1 Å². The number of fused-ring (bicyclic) bond motifs is 2. The number of hydrogen-bond donors (Lipinski definition) is 5. The number of ether oxygens (including phenoxy) is 1. The lowest BCUT2D eigenvalue weighted by Crippen LogP contribution is -2.64. The zero-order valence-corrected chi connectivity index (χ0v) is 60.8. The van der Waals surface area contributed by atoms with Gasteiger partial charge in [0.2, 0.25) is 17.7 Å². The Morgan fingerprint density at radius 2 is 1.54 bits per heavy atom. The molecule has 6 aliphatic rings. The first-order valence-corrected chi connectivity index (χ1v) is 37.4. The van der Waals surface area contributed by atoms with E-state index in [1.165, 1.54) is 37.0 Å². The smallest absolute Gasteiger partial charge is 0.355 e. The van der Waals surface area contributed by atoms with E-state index < -0.39 is 29.6 Å². The number of unbranched alkanes of at least 4 members (excludes halogenated alkanes) is 8. The van der Waals surface area contributed by atoms with E-state index in [0.29, 0.717) is 42.6 Å². The van der Waals surface area contributed by atoms with E-state index in [1.54, 1.807) is 22.7 Å². The summed E-state index contributed by atoms with van der Waals surface area (Å²) in [6.45, 7) is 22.8. The van der Waals surface area contributed by atoms with Gasteiger partial charge in [0.1, 0.15) is 17.9 Å². The third kappa shape index (κ3) is 15.7. The van der Waals surface area contributed by atoms with Crippen molar-refractivity contribution in [1.29, 1.82) is 0 Å². The molecule has 7 heterocycles. The summed E-state index contributed by atoms with van der Waals surface area (Å²) in [5.41, 5.74) is 9.57. The molecule has 98 heavy (non-hydrogen) atoms. The van der Waals surface area contributed by atoms with Crippen molar-refractivity contribution in [2.45, 2.75) is 221 Å². The Hall–Kier alpha value is -7.24. The van der Waals surface area contributed by atoms with Gasteiger partial charge >= 0.3 is 5.97 Å². The van der Waals surface area contributed by atoms with E-state index in [2.05, 4.69) is 69.5 Å². The number of nitrogens with one attached hydrogen (secondary N) is 3. The number of aliphatic hydroxyl groups is 1. The lowest BCUT2D eigenvalue weighted by molar-refractivity contribution is -0.248. The number of pyridine rings is 1. The number of hydrogen-bond acceptors (Lipinski definition) is 17. The van der Waals surface area contributed by atoms with Crippen LogP contribution in [0.2, 0.25) is 0 Å². The number of carboxylic acid groups (broad SMARTS) is 1. The standard InChI is InChI=1S/C76H101N13O7S2/c1-48-55-23-22-34-87(67(55)85-84-66(48)83-71-80-58-24-19-20-25-60(58)98-71)61-32-31-56(63(81-61)70(94)95)57-38-78-89(51(57)4)46-75-41-73(8)40-74(9,42-75)44-76(43-73,45-75)96-36-35-86(10)33-21-17-15-13-11-12-14-16-18-26-62(91)82-65(72(5,6)7)69(93)88-39-54(90)37-59(88)68(92)79-49(2)52-27-29-53(30-28-52)64-50(3)77-47-97-64/h19-20,24-25,27-32,38,47,49,54,59,65,90H,11-18,21-23,26,33-37,39-46H2,1-10H3,(H,79,92)(H,82,91)(H,94,95)(H,80,83,84)/t49-,54+,59-,65+,73?,74?,75?,76?/m0/s1. The zero-order chi connectivity index (χ0) is 69.3. The minimum Gasteiger partial charge on any atom is -0.476 e. The molecule has 0 radical (unpaired) electrons. The number of aryl methyl sites for hydroxylation is 1. The van der Waals surface area contributed by atoms with Gasteiger partial charge in [-0.25, -0.2) is 19.7 Å². The van der Waals surface area contributed by atoms with Gasteiger partial charge in [0, 0.05) is 67.0 Å². The molecule has 2 aromatic carbocycles. The van der Waals surface area contributed by atoms with E-state index >= 15 is 0 Å². The Morgan fingerprint density at radius 1 is 0.827 bits per heavy atom. The first-order chi connectivity index (χ1) is 46.8. The maximum atomic E-state index is 14.2. The number of amides is 3. The van der Waals surface area contributed by atoms with Crippen molar-refractivity contribution in [1.82, 2.24) is 55.4 Å². The van der Waals surface area contributed by atoms with E-state index in [9.17, 15) is 29.4 Å². The predicted molar refractivity (Wildman–Crippen MR) is 387 cm³/mol. The molecule has 4 saturated carbocycles. The Kier molecular flexibility index (Phi) is 21.0. The normalized spacial score (nSPS) is 23.3. The van der Waals surface area contributed by atoms with E-state index in [-0.39, 0.29) is 64.3 Å². The fraction of sp³-hybridized carbons (Fsp3) is 0.579. The third-order valence-electron chi connectivity index (χ3n) is 21.7. The van der Waals surface area contributed by atoms with Gasteiger partial charge in [-0.1, -0.05) is 127 Å². The number of likely N-dealkylation sites (tertiary alicyclic amines) is 1. The second kappa shape index (κ2) is 29.1. The molecule has 22 heteroatoms. The predicted octanol–water partition coefficient (Wildman–Crippen LogP) is 14.3. The van der Waals surface area contributed by atoms with Crippen LogP contribution in [0.1, 0.15) is 202 Å². The number of aromatic carboxylic acids is 1. The summed E-state index contributed by atoms with van der Waals surface area (Å²) in [6, 6.07) is 17.9. The number of carboxylic acids is 1. The molecule has 3 amide bonds. The van der Waals surface area contributed by atoms with E-state index in [0.717, 1.165) is 156 Å². The Labute approximate surface area is 585 Å². The van der Waals surface area contributed by atoms with Crippen molar-refractivity contribution in [3.8, 4) is 21.6 Å². The average Bonchev–Trinajstić information content (AvgIpc) is 1.000. The number of carbonyl (C=O) groups excluding carboxylic acids is 3. The molecule has 7 aromatic rings. The molecule has 20 nitrogen and oxygen atoms in total. The largest absolute Gasteiger partial charge is 0.476 e. The number of nitrogens with zero attached hydrogens (tertiary/aromatic N) is 10. The lowest BCUT2D eigenvalue weighted by Gasteiger charge is -2.69. The van der Waals surface area contributed by atoms with Crippen LogP contribution >= 0.6 is 22.7 Å². The number of aliphatic hydroxyl groups excluding tert-OH is 1. The van der Waals surface area contributed by atoms with Gasteiger partial charge < -0.3 is 45.6 Å². The number of anilines is 4. The highest BCUT2D eigenvalue weighted by Gasteiger charge is 2.66. The number of β-amino-alcohol motifs (C(OH)–C–C–N with tert-alkyl or cyclic N) is 1. The molecule has 5 N–H and O–H groups in total. The molecule has 5 aromatic heterocycles. The van der Waals surface area contributed by atoms with Gasteiger partial charge in [0.15, 0.2) is 22.5 Å². The number of para-hydroxylation sites is 1. The van der Waals surface area contributed by atoms with Crippen molar-refractivity contribution in [2.24, 2.45) is 21.7 Å². The Bertz CT molecular complexity index is 3980. The summed E-state index contributed by atoms with van der Waals surface area (Å²) in [4.78, 5) is 75.5. The van der Waals surface area contributed by atoms with Crippen molar-refractivity contribution in [3.05, 3.63) is 106 Å². The van der Waals surface area contributed by atoms with Gasteiger partial charge in [-0.05, 0) is 163 Å². The summed E-state index contributed by atoms with van der Waals surface area (Å²) >= 11 is 3.16. The number of likely N-dealkylation sites (N-methyl/N-ethyl adjacent to an activating group) is 1. The van der Waals surface area contributed by atoms with Gasteiger partial charge in [-0.3, -0.25) is 19.1 Å². The van der Waals surface area contributed by atoms with Gasteiger partial charge in [0.05, 0.1) is 56.8 Å². The highest BCUT2D eigenvalue weighted by Crippen LogP contribution is 2.72. The topological polar surface area (TPSA) is 246 Å². The monoisotopic (exact) mass is 1370 g/mol. The molecule has 524 valence electrons. The second-order valence-corrected chi connectivity index (χ2v) is 33.2. The second-order valence-electron chi connectivity index (χ2n) is 31.3. The number of thiazole rings is 2. The number of aromatic nitrogens is 7. The molecule has 4 aliphatic carbocycles. The van der Waals surface area contributed by atoms with E-state index in [4.69, 9.17) is 24.9 Å². The Balaban J connectivity index is 0.558. The maximum Gasteiger partial charge on any atom is 0.355 e. The highest BCUT2D eigenvalue weighted by molar-refractivity contribution is 7.22. The summed E-state index contributed by atoms with van der Waals surface area (Å²) in [7, 11) is 2.22. The molecule has 13 rings (SSSR count). The quantitative estimate of drug-likeness (QED) is 0.0274. The Morgan fingerprint density at radius 3 is 2.23 bits per heavy atom.